The van der Waals surface area contributed by atoms with Gasteiger partial charge >= 0.3 is 0 Å². The number of nitrogen functional groups attached to an aromatic ring is 1. The minimum Gasteiger partial charge on any atom is -0.398 e. The summed E-state index contributed by atoms with van der Waals surface area (Å²) in [5.74, 6) is -0.919. The van der Waals surface area contributed by atoms with Crippen LogP contribution in [0.25, 0.3) is 0 Å². The molecular formula is C10H14N2O3S. The van der Waals surface area contributed by atoms with Crippen molar-refractivity contribution < 1.29 is 13.2 Å². The first kappa shape index (κ1) is 12.5. The van der Waals surface area contributed by atoms with Crippen LogP contribution >= 0.6 is 0 Å². The number of amides is 1. The van der Waals surface area contributed by atoms with Crippen molar-refractivity contribution >= 4 is 21.4 Å². The SMILES string of the molecule is Cc1c(N)cccc1S(=O)(=O)CCC(N)=O. The van der Waals surface area contributed by atoms with Gasteiger partial charge in [0.05, 0.1) is 10.6 Å². The van der Waals surface area contributed by atoms with E-state index in [4.69, 9.17) is 11.5 Å². The molecule has 0 saturated heterocycles. The van der Waals surface area contributed by atoms with E-state index >= 15 is 0 Å². The number of rotatable bonds is 4. The van der Waals surface area contributed by atoms with Crippen LogP contribution in [0.5, 0.6) is 0 Å². The smallest absolute Gasteiger partial charge is 0.218 e. The van der Waals surface area contributed by atoms with Crippen LogP contribution in [0.1, 0.15) is 12.0 Å². The molecule has 1 rings (SSSR count). The minimum atomic E-state index is -3.49. The second kappa shape index (κ2) is 4.52. The number of carbonyl (C=O) groups is 1. The topological polar surface area (TPSA) is 103 Å². The van der Waals surface area contributed by atoms with E-state index in [1.807, 2.05) is 0 Å². The number of nitrogens with two attached hydrogens (primary N) is 2. The maximum atomic E-state index is 11.8. The molecule has 0 unspecified atom stereocenters. The molecule has 0 aliphatic carbocycles. The van der Waals surface area contributed by atoms with Crippen LogP contribution in [-0.2, 0) is 14.6 Å². The van der Waals surface area contributed by atoms with Gasteiger partial charge in [-0.1, -0.05) is 6.07 Å². The van der Waals surface area contributed by atoms with E-state index in [9.17, 15) is 13.2 Å². The number of hydrogen-bond acceptors (Lipinski definition) is 4. The second-order valence-electron chi connectivity index (χ2n) is 3.51. The Morgan fingerprint density at radius 1 is 1.38 bits per heavy atom. The van der Waals surface area contributed by atoms with Gasteiger partial charge in [0.25, 0.3) is 0 Å². The summed E-state index contributed by atoms with van der Waals surface area (Å²) in [5.41, 5.74) is 11.5. The largest absolute Gasteiger partial charge is 0.398 e. The number of benzene rings is 1. The molecule has 0 atom stereocenters. The summed E-state index contributed by atoms with van der Waals surface area (Å²) in [6.45, 7) is 1.63. The summed E-state index contributed by atoms with van der Waals surface area (Å²) in [7, 11) is -3.49. The summed E-state index contributed by atoms with van der Waals surface area (Å²) in [6, 6.07) is 4.67. The Bertz CT molecular complexity index is 509. The molecule has 0 radical (unpaired) electrons. The molecule has 4 N–H and O–H groups in total. The summed E-state index contributed by atoms with van der Waals surface area (Å²) >= 11 is 0. The molecule has 0 heterocycles. The Labute approximate surface area is 94.4 Å². The van der Waals surface area contributed by atoms with Crippen LogP contribution in [0, 0.1) is 6.92 Å². The molecule has 0 fully saturated rings. The highest BCUT2D eigenvalue weighted by Gasteiger charge is 2.18. The lowest BCUT2D eigenvalue weighted by atomic mass is 10.2. The summed E-state index contributed by atoms with van der Waals surface area (Å²) in [4.78, 5) is 10.7. The van der Waals surface area contributed by atoms with Crippen molar-refractivity contribution in [2.75, 3.05) is 11.5 Å². The third kappa shape index (κ3) is 2.73. The zero-order chi connectivity index (χ0) is 12.3. The van der Waals surface area contributed by atoms with Gasteiger partial charge in [0.15, 0.2) is 9.84 Å². The van der Waals surface area contributed by atoms with Crippen molar-refractivity contribution in [1.82, 2.24) is 0 Å². The van der Waals surface area contributed by atoms with E-state index in [1.165, 1.54) is 6.07 Å². The van der Waals surface area contributed by atoms with E-state index in [0.717, 1.165) is 0 Å². The standard InChI is InChI=1S/C10H14N2O3S/c1-7-8(11)3-2-4-9(7)16(14,15)6-5-10(12)13/h2-4H,5-6,11H2,1H3,(H2,12,13). The molecule has 0 saturated carbocycles. The van der Waals surface area contributed by atoms with Gasteiger partial charge < -0.3 is 11.5 Å². The van der Waals surface area contributed by atoms with Crippen LogP contribution in [0.3, 0.4) is 0 Å². The highest BCUT2D eigenvalue weighted by atomic mass is 32.2. The van der Waals surface area contributed by atoms with E-state index in [2.05, 4.69) is 0 Å². The number of carbonyl (C=O) groups excluding carboxylic acids is 1. The number of anilines is 1. The van der Waals surface area contributed by atoms with E-state index in [1.54, 1.807) is 19.1 Å². The average Bonchev–Trinajstić information content (AvgIpc) is 2.19. The minimum absolute atomic E-state index is 0.161. The molecule has 0 bridgehead atoms. The maximum absolute atomic E-state index is 11.8. The predicted molar refractivity (Wildman–Crippen MR) is 61.5 cm³/mol. The highest BCUT2D eigenvalue weighted by Crippen LogP contribution is 2.21. The van der Waals surface area contributed by atoms with Gasteiger partial charge in [0.2, 0.25) is 5.91 Å². The van der Waals surface area contributed by atoms with Crippen molar-refractivity contribution in [3.8, 4) is 0 Å². The Morgan fingerprint density at radius 3 is 2.56 bits per heavy atom. The van der Waals surface area contributed by atoms with Crippen LogP contribution in [-0.4, -0.2) is 20.1 Å². The molecule has 6 heteroatoms. The Hall–Kier alpha value is -1.56. The normalized spacial score (nSPS) is 11.3. The maximum Gasteiger partial charge on any atom is 0.218 e. The predicted octanol–water partition coefficient (Wildman–Crippen LogP) is 0.226. The van der Waals surface area contributed by atoms with Gasteiger partial charge in [-0.3, -0.25) is 4.79 Å². The van der Waals surface area contributed by atoms with Gasteiger partial charge in [0, 0.05) is 12.1 Å². The summed E-state index contributed by atoms with van der Waals surface area (Å²) in [5, 5.41) is 0. The quantitative estimate of drug-likeness (QED) is 0.737. The summed E-state index contributed by atoms with van der Waals surface area (Å²) < 4.78 is 23.7. The monoisotopic (exact) mass is 242 g/mol. The Kier molecular flexibility index (Phi) is 3.54. The molecule has 1 aromatic rings. The van der Waals surface area contributed by atoms with Crippen LogP contribution < -0.4 is 11.5 Å². The lowest BCUT2D eigenvalue weighted by Gasteiger charge is -2.08. The first-order valence-corrected chi connectivity index (χ1v) is 6.36. The summed E-state index contributed by atoms with van der Waals surface area (Å²) in [6.07, 6.45) is -0.184. The first-order valence-electron chi connectivity index (χ1n) is 4.71. The van der Waals surface area contributed by atoms with Crippen molar-refractivity contribution in [3.63, 3.8) is 0 Å². The highest BCUT2D eigenvalue weighted by molar-refractivity contribution is 7.91. The number of primary amides is 1. The van der Waals surface area contributed by atoms with E-state index in [-0.39, 0.29) is 17.1 Å². The van der Waals surface area contributed by atoms with Crippen LogP contribution in [0.15, 0.2) is 23.1 Å². The van der Waals surface area contributed by atoms with Gasteiger partial charge in [-0.2, -0.15) is 0 Å². The fourth-order valence-electron chi connectivity index (χ4n) is 1.31. The number of hydrogen-bond donors (Lipinski definition) is 2. The van der Waals surface area contributed by atoms with Gasteiger partial charge in [-0.25, -0.2) is 8.42 Å². The Morgan fingerprint density at radius 2 is 2.00 bits per heavy atom. The fourth-order valence-corrected chi connectivity index (χ4v) is 2.87. The van der Waals surface area contributed by atoms with Crippen LogP contribution in [0.2, 0.25) is 0 Å². The van der Waals surface area contributed by atoms with Crippen molar-refractivity contribution in [2.45, 2.75) is 18.2 Å². The fraction of sp³-hybridized carbons (Fsp3) is 0.300. The lowest BCUT2D eigenvalue weighted by Crippen LogP contribution is -2.18. The Balaban J connectivity index is 3.08. The molecule has 16 heavy (non-hydrogen) atoms. The van der Waals surface area contributed by atoms with Crippen molar-refractivity contribution in [2.24, 2.45) is 5.73 Å². The van der Waals surface area contributed by atoms with Gasteiger partial charge in [0.1, 0.15) is 0 Å². The number of sulfone groups is 1. The molecule has 0 aliphatic heterocycles. The molecule has 1 amide bonds. The zero-order valence-corrected chi connectivity index (χ0v) is 9.75. The molecular weight excluding hydrogens is 228 g/mol. The van der Waals surface area contributed by atoms with E-state index in [0.29, 0.717) is 11.3 Å². The molecule has 0 aromatic heterocycles. The van der Waals surface area contributed by atoms with Crippen molar-refractivity contribution in [3.05, 3.63) is 23.8 Å². The third-order valence-corrected chi connectivity index (χ3v) is 4.13. The zero-order valence-electron chi connectivity index (χ0n) is 8.93. The lowest BCUT2D eigenvalue weighted by molar-refractivity contribution is -0.117. The van der Waals surface area contributed by atoms with Gasteiger partial charge in [-0.05, 0) is 24.6 Å². The molecule has 5 nitrogen and oxygen atoms in total. The molecule has 0 aliphatic rings. The first-order chi connectivity index (χ1) is 7.34. The third-order valence-electron chi connectivity index (χ3n) is 2.28. The molecule has 88 valence electrons. The van der Waals surface area contributed by atoms with Crippen LogP contribution in [0.4, 0.5) is 5.69 Å². The average molecular weight is 242 g/mol. The second-order valence-corrected chi connectivity index (χ2v) is 5.58. The van der Waals surface area contributed by atoms with Crippen molar-refractivity contribution in [1.29, 1.82) is 0 Å². The molecule has 0 spiro atoms. The van der Waals surface area contributed by atoms with E-state index < -0.39 is 15.7 Å². The van der Waals surface area contributed by atoms with Gasteiger partial charge in [-0.15, -0.1) is 0 Å². The molecule has 1 aromatic carbocycles.